The second-order valence-electron chi connectivity index (χ2n) is 4.63. The van der Waals surface area contributed by atoms with Crippen LogP contribution in [0.3, 0.4) is 0 Å². The summed E-state index contributed by atoms with van der Waals surface area (Å²) < 4.78 is 8.04. The predicted molar refractivity (Wildman–Crippen MR) is 82.6 cm³/mol. The molecule has 0 spiro atoms. The molecule has 0 unspecified atom stereocenters. The molecule has 0 radical (unpaired) electrons. The normalized spacial score (nSPS) is 14.9. The number of aliphatic imine (C=N–C) groups is 1. The summed E-state index contributed by atoms with van der Waals surface area (Å²) >= 11 is 0.942. The maximum absolute atomic E-state index is 11.7. The molecule has 1 fully saturated rings. The van der Waals surface area contributed by atoms with E-state index < -0.39 is 12.1 Å². The van der Waals surface area contributed by atoms with E-state index in [1.165, 1.54) is 4.90 Å². The summed E-state index contributed by atoms with van der Waals surface area (Å²) in [6.07, 6.45) is 3.94. The molecule has 0 heterocycles. The molecule has 21 heavy (non-hydrogen) atoms. The fourth-order valence-corrected chi connectivity index (χ4v) is 1.98. The number of hydrogen-bond donors (Lipinski definition) is 2. The molecule has 0 saturated heterocycles. The Morgan fingerprint density at radius 2 is 2.00 bits per heavy atom. The van der Waals surface area contributed by atoms with Gasteiger partial charge < -0.3 is 9.64 Å². The van der Waals surface area contributed by atoms with E-state index >= 15 is 0 Å². The Morgan fingerprint density at radius 3 is 2.57 bits per heavy atom. The van der Waals surface area contributed by atoms with Gasteiger partial charge in [0.05, 0.1) is 0 Å². The average molecular weight is 312 g/mol. The lowest BCUT2D eigenvalue weighted by atomic mass is 10.3. The van der Waals surface area contributed by atoms with Gasteiger partial charge >= 0.3 is 18.1 Å². The Balaban J connectivity index is 2.63. The second kappa shape index (κ2) is 9.13. The molecule has 0 aromatic rings. The molecule has 0 bridgehead atoms. The number of amides is 4. The van der Waals surface area contributed by atoms with Crippen LogP contribution in [0.1, 0.15) is 32.6 Å². The summed E-state index contributed by atoms with van der Waals surface area (Å²) in [5.41, 5.74) is 0. The maximum atomic E-state index is 11.7. The quantitative estimate of drug-likeness (QED) is 0.353. The number of carbonyl (C=O) groups excluding carboxylic acids is 2. The van der Waals surface area contributed by atoms with E-state index in [0.29, 0.717) is 0 Å². The SMILES string of the molecule is CC#CSNC(=O)NC(=NC(=O)N(C)C)OC1CCCC1. The van der Waals surface area contributed by atoms with Gasteiger partial charge in [-0.1, -0.05) is 5.92 Å². The molecule has 7 nitrogen and oxygen atoms in total. The standard InChI is InChI=1S/C13H20N4O3S/c1-4-9-21-16-11(18)14-12(15-13(19)17(2)3)20-10-7-5-6-8-10/h10H,5-8H2,1-3H3,(H2,14,15,16,18,19). The van der Waals surface area contributed by atoms with Crippen molar-refractivity contribution in [1.82, 2.24) is 14.9 Å². The van der Waals surface area contributed by atoms with Gasteiger partial charge in [-0.2, -0.15) is 0 Å². The minimum absolute atomic E-state index is 0.0119. The molecule has 1 rings (SSSR count). The van der Waals surface area contributed by atoms with E-state index in [4.69, 9.17) is 4.74 Å². The highest BCUT2D eigenvalue weighted by Gasteiger charge is 2.20. The van der Waals surface area contributed by atoms with Crippen molar-refractivity contribution in [3.63, 3.8) is 0 Å². The van der Waals surface area contributed by atoms with Crippen LogP contribution in [0.15, 0.2) is 4.99 Å². The summed E-state index contributed by atoms with van der Waals surface area (Å²) in [6, 6.07) is -1.11. The summed E-state index contributed by atoms with van der Waals surface area (Å²) in [4.78, 5) is 28.4. The molecule has 4 amide bonds. The number of rotatable bonds is 2. The highest BCUT2D eigenvalue weighted by Crippen LogP contribution is 2.20. The van der Waals surface area contributed by atoms with Gasteiger partial charge in [-0.25, -0.2) is 9.59 Å². The van der Waals surface area contributed by atoms with Gasteiger partial charge in [-0.15, -0.1) is 4.99 Å². The maximum Gasteiger partial charge on any atom is 0.347 e. The van der Waals surface area contributed by atoms with Gasteiger partial charge in [0.1, 0.15) is 6.10 Å². The minimum atomic E-state index is -0.536. The molecule has 1 aliphatic carbocycles. The molecule has 8 heteroatoms. The van der Waals surface area contributed by atoms with Crippen molar-refractivity contribution < 1.29 is 14.3 Å². The second-order valence-corrected chi connectivity index (χ2v) is 5.24. The van der Waals surface area contributed by atoms with Crippen molar-refractivity contribution in [1.29, 1.82) is 0 Å². The molecule has 2 N–H and O–H groups in total. The fraction of sp³-hybridized carbons (Fsp3) is 0.615. The lowest BCUT2D eigenvalue weighted by Gasteiger charge is -2.16. The van der Waals surface area contributed by atoms with E-state index in [1.807, 2.05) is 0 Å². The Hall–Kier alpha value is -1.88. The van der Waals surface area contributed by atoms with Crippen LogP contribution in [0, 0.1) is 11.2 Å². The van der Waals surface area contributed by atoms with Gasteiger partial charge in [0.15, 0.2) is 0 Å². The third-order valence-corrected chi connectivity index (χ3v) is 3.27. The van der Waals surface area contributed by atoms with Crippen LogP contribution in [0.4, 0.5) is 9.59 Å². The molecule has 0 atom stereocenters. The third kappa shape index (κ3) is 6.90. The summed E-state index contributed by atoms with van der Waals surface area (Å²) in [6.45, 7) is 1.67. The summed E-state index contributed by atoms with van der Waals surface area (Å²) in [5, 5.41) is 5.05. The largest absolute Gasteiger partial charge is 0.461 e. The highest BCUT2D eigenvalue weighted by atomic mass is 32.2. The first-order valence-electron chi connectivity index (χ1n) is 6.64. The van der Waals surface area contributed by atoms with Gasteiger partial charge in [0, 0.05) is 26.0 Å². The number of urea groups is 2. The number of nitrogens with one attached hydrogen (secondary N) is 2. The molecular weight excluding hydrogens is 292 g/mol. The molecule has 1 aliphatic rings. The van der Waals surface area contributed by atoms with E-state index in [9.17, 15) is 9.59 Å². The number of ether oxygens (including phenoxy) is 1. The first-order valence-corrected chi connectivity index (χ1v) is 7.45. The van der Waals surface area contributed by atoms with Crippen molar-refractivity contribution in [2.24, 2.45) is 4.99 Å². The third-order valence-electron chi connectivity index (χ3n) is 2.68. The van der Waals surface area contributed by atoms with Crippen LogP contribution >= 0.6 is 11.9 Å². The van der Waals surface area contributed by atoms with Crippen molar-refractivity contribution in [3.05, 3.63) is 0 Å². The van der Waals surface area contributed by atoms with E-state index in [-0.39, 0.29) is 12.1 Å². The van der Waals surface area contributed by atoms with Crippen molar-refractivity contribution in [2.75, 3.05) is 14.1 Å². The van der Waals surface area contributed by atoms with Gasteiger partial charge in [0.2, 0.25) is 0 Å². The zero-order valence-electron chi connectivity index (χ0n) is 12.4. The Bertz CT molecular complexity index is 462. The van der Waals surface area contributed by atoms with E-state index in [1.54, 1.807) is 21.0 Å². The number of hydrogen-bond acceptors (Lipinski definition) is 4. The summed E-state index contributed by atoms with van der Waals surface area (Å²) in [5.74, 6) is 2.63. The van der Waals surface area contributed by atoms with Crippen molar-refractivity contribution in [2.45, 2.75) is 38.7 Å². The van der Waals surface area contributed by atoms with Gasteiger partial charge in [-0.3, -0.25) is 10.0 Å². The zero-order chi connectivity index (χ0) is 15.7. The van der Waals surface area contributed by atoms with Crippen LogP contribution in [-0.2, 0) is 4.74 Å². The predicted octanol–water partition coefficient (Wildman–Crippen LogP) is 1.91. The van der Waals surface area contributed by atoms with Crippen molar-refractivity contribution >= 4 is 30.0 Å². The Labute approximate surface area is 129 Å². The van der Waals surface area contributed by atoms with Crippen molar-refractivity contribution in [3.8, 4) is 11.2 Å². The fourth-order valence-electron chi connectivity index (χ4n) is 1.68. The van der Waals surface area contributed by atoms with Gasteiger partial charge in [-0.05, 0) is 37.9 Å². The van der Waals surface area contributed by atoms with Gasteiger partial charge in [0.25, 0.3) is 0 Å². The van der Waals surface area contributed by atoms with E-state index in [2.05, 4.69) is 26.2 Å². The first kappa shape index (κ1) is 17.2. The smallest absolute Gasteiger partial charge is 0.347 e. The van der Waals surface area contributed by atoms with Crippen LogP contribution in [0.5, 0.6) is 0 Å². The van der Waals surface area contributed by atoms with Crippen LogP contribution in [0.25, 0.3) is 0 Å². The average Bonchev–Trinajstić information content (AvgIpc) is 2.91. The lowest BCUT2D eigenvalue weighted by Crippen LogP contribution is -2.40. The highest BCUT2D eigenvalue weighted by molar-refractivity contribution is 8.02. The van der Waals surface area contributed by atoms with Crippen LogP contribution < -0.4 is 10.0 Å². The summed E-state index contributed by atoms with van der Waals surface area (Å²) in [7, 11) is 3.15. The molecule has 1 saturated carbocycles. The first-order chi connectivity index (χ1) is 10.0. The molecular formula is C13H20N4O3S. The van der Waals surface area contributed by atoms with E-state index in [0.717, 1.165) is 37.6 Å². The molecule has 0 aliphatic heterocycles. The molecule has 0 aromatic heterocycles. The molecule has 116 valence electrons. The Kier molecular flexibility index (Phi) is 7.46. The molecule has 0 aromatic carbocycles. The van der Waals surface area contributed by atoms with Crippen LogP contribution in [0.2, 0.25) is 0 Å². The minimum Gasteiger partial charge on any atom is -0.461 e. The number of amidine groups is 1. The van der Waals surface area contributed by atoms with Crippen LogP contribution in [-0.4, -0.2) is 43.2 Å². The number of nitrogens with zero attached hydrogens (tertiary/aromatic N) is 2. The Morgan fingerprint density at radius 1 is 1.33 bits per heavy atom. The topological polar surface area (TPSA) is 83.0 Å². The monoisotopic (exact) mass is 312 g/mol. The zero-order valence-corrected chi connectivity index (χ0v) is 13.2. The number of carbonyl (C=O) groups is 2. The lowest BCUT2D eigenvalue weighted by molar-refractivity contribution is 0.183.